The maximum atomic E-state index is 14.7. The lowest BCUT2D eigenvalue weighted by molar-refractivity contribution is -0.138. The molecule has 0 fully saturated rings. The molecule has 0 saturated carbocycles. The van der Waals surface area contributed by atoms with E-state index in [-0.39, 0.29) is 34.1 Å². The third kappa shape index (κ3) is 2.95. The number of phenols is 1. The molecule has 2 aromatic carbocycles. The number of hydrogen-bond acceptors (Lipinski definition) is 3. The van der Waals surface area contributed by atoms with Crippen molar-refractivity contribution in [1.82, 2.24) is 4.57 Å². The molecule has 1 unspecified atom stereocenters. The summed E-state index contributed by atoms with van der Waals surface area (Å²) < 4.78 is 29.4. The molecule has 0 bridgehead atoms. The molecule has 0 saturated heterocycles. The number of rotatable bonds is 4. The molecule has 0 aliphatic rings. The van der Waals surface area contributed by atoms with Gasteiger partial charge in [-0.05, 0) is 49.2 Å². The predicted molar refractivity (Wildman–Crippen MR) is 95.1 cm³/mol. The summed E-state index contributed by atoms with van der Waals surface area (Å²) >= 11 is 0. The van der Waals surface area contributed by atoms with Gasteiger partial charge in [0.15, 0.2) is 11.6 Å². The number of benzene rings is 2. The van der Waals surface area contributed by atoms with E-state index >= 15 is 0 Å². The van der Waals surface area contributed by atoms with E-state index in [1.54, 1.807) is 6.92 Å². The summed E-state index contributed by atoms with van der Waals surface area (Å²) in [5, 5.41) is 19.2. The Morgan fingerprint density at radius 1 is 1.19 bits per heavy atom. The fourth-order valence-electron chi connectivity index (χ4n) is 3.42. The Bertz CT molecular complexity index is 1070. The summed E-state index contributed by atoms with van der Waals surface area (Å²) in [5.41, 5.74) is 0.515. The van der Waals surface area contributed by atoms with Crippen LogP contribution in [0.25, 0.3) is 10.9 Å². The molecular formula is C20H17F2NO4. The molecule has 0 amide bonds. The van der Waals surface area contributed by atoms with Gasteiger partial charge in [0.05, 0.1) is 11.4 Å². The Morgan fingerprint density at radius 2 is 1.89 bits per heavy atom. The molecule has 1 heterocycles. The van der Waals surface area contributed by atoms with E-state index in [0.717, 1.165) is 16.7 Å². The minimum atomic E-state index is -1.17. The Labute approximate surface area is 153 Å². The molecule has 5 nitrogen and oxygen atoms in total. The highest BCUT2D eigenvalue weighted by molar-refractivity contribution is 6.05. The smallest absolute Gasteiger partial charge is 0.311 e. The third-order valence-corrected chi connectivity index (χ3v) is 4.66. The molecule has 3 aromatic rings. The lowest BCUT2D eigenvalue weighted by Gasteiger charge is -2.12. The van der Waals surface area contributed by atoms with Crippen LogP contribution in [0.4, 0.5) is 8.78 Å². The quantitative estimate of drug-likeness (QED) is 0.718. The van der Waals surface area contributed by atoms with E-state index in [2.05, 4.69) is 0 Å². The first kappa shape index (κ1) is 18.6. The largest absolute Gasteiger partial charge is 0.505 e. The molecule has 27 heavy (non-hydrogen) atoms. The summed E-state index contributed by atoms with van der Waals surface area (Å²) in [4.78, 5) is 24.7. The van der Waals surface area contributed by atoms with Crippen molar-refractivity contribution < 1.29 is 28.6 Å². The van der Waals surface area contributed by atoms with Gasteiger partial charge in [0.25, 0.3) is 5.91 Å². The van der Waals surface area contributed by atoms with Crippen LogP contribution in [0.1, 0.15) is 40.9 Å². The van der Waals surface area contributed by atoms with Gasteiger partial charge in [-0.25, -0.2) is 8.78 Å². The van der Waals surface area contributed by atoms with Crippen molar-refractivity contribution in [1.29, 1.82) is 0 Å². The van der Waals surface area contributed by atoms with E-state index in [4.69, 9.17) is 0 Å². The van der Waals surface area contributed by atoms with Crippen molar-refractivity contribution in [2.75, 3.05) is 0 Å². The zero-order valence-electron chi connectivity index (χ0n) is 14.7. The molecule has 7 heteroatoms. The second-order valence-electron chi connectivity index (χ2n) is 6.24. The second kappa shape index (κ2) is 6.83. The average molecular weight is 373 g/mol. The number of aliphatic carboxylic acids is 1. The summed E-state index contributed by atoms with van der Waals surface area (Å²) in [6.07, 6.45) is 0.165. The van der Waals surface area contributed by atoms with Crippen molar-refractivity contribution in [2.45, 2.75) is 26.2 Å². The summed E-state index contributed by atoms with van der Waals surface area (Å²) in [7, 11) is 0. The minimum absolute atomic E-state index is 0.0402. The number of nitrogens with zero attached hydrogens (tertiary/aromatic N) is 1. The van der Waals surface area contributed by atoms with Crippen LogP contribution in [-0.2, 0) is 4.79 Å². The van der Waals surface area contributed by atoms with Crippen LogP contribution >= 0.6 is 0 Å². The fourth-order valence-corrected chi connectivity index (χ4v) is 3.42. The monoisotopic (exact) mass is 373 g/mol. The Kier molecular flexibility index (Phi) is 4.70. The first-order valence-electron chi connectivity index (χ1n) is 8.33. The first-order chi connectivity index (χ1) is 12.8. The molecule has 0 spiro atoms. The molecule has 0 aliphatic carbocycles. The van der Waals surface area contributed by atoms with Crippen molar-refractivity contribution >= 4 is 22.8 Å². The molecule has 140 valence electrons. The Hall–Kier alpha value is -3.22. The molecular weight excluding hydrogens is 356 g/mol. The van der Waals surface area contributed by atoms with E-state index in [9.17, 15) is 28.6 Å². The summed E-state index contributed by atoms with van der Waals surface area (Å²) in [6, 6.07) is 7.48. The molecule has 1 aromatic heterocycles. The van der Waals surface area contributed by atoms with Crippen molar-refractivity contribution in [3.8, 4) is 5.75 Å². The zero-order valence-corrected chi connectivity index (χ0v) is 14.7. The van der Waals surface area contributed by atoms with Crippen LogP contribution < -0.4 is 0 Å². The SMILES string of the molecule is CCC(C(=O)O)c1c(C)n(C(=O)c2cccc(F)c2)c2ccc(O)c(F)c12. The van der Waals surface area contributed by atoms with Crippen LogP contribution in [0.3, 0.4) is 0 Å². The minimum Gasteiger partial charge on any atom is -0.505 e. The number of aromatic nitrogens is 1. The molecule has 3 rings (SSSR count). The van der Waals surface area contributed by atoms with Crippen LogP contribution in [-0.4, -0.2) is 26.7 Å². The highest BCUT2D eigenvalue weighted by Gasteiger charge is 2.30. The van der Waals surface area contributed by atoms with E-state index < -0.39 is 35.2 Å². The summed E-state index contributed by atoms with van der Waals surface area (Å²) in [6.45, 7) is 3.14. The molecule has 1 atom stereocenters. The Morgan fingerprint density at radius 3 is 2.48 bits per heavy atom. The van der Waals surface area contributed by atoms with Crippen LogP contribution in [0.5, 0.6) is 5.75 Å². The van der Waals surface area contributed by atoms with Gasteiger partial charge in [0, 0.05) is 16.6 Å². The number of halogens is 2. The van der Waals surface area contributed by atoms with Gasteiger partial charge in [0.1, 0.15) is 5.82 Å². The number of phenolic OH excluding ortho intramolecular Hbond substituents is 1. The maximum absolute atomic E-state index is 14.7. The van der Waals surface area contributed by atoms with Crippen LogP contribution in [0, 0.1) is 18.6 Å². The van der Waals surface area contributed by atoms with E-state index in [0.29, 0.717) is 0 Å². The van der Waals surface area contributed by atoms with Gasteiger partial charge < -0.3 is 10.2 Å². The third-order valence-electron chi connectivity index (χ3n) is 4.66. The first-order valence-corrected chi connectivity index (χ1v) is 8.33. The van der Waals surface area contributed by atoms with Crippen LogP contribution in [0.15, 0.2) is 36.4 Å². The number of carbonyl (C=O) groups is 2. The predicted octanol–water partition coefficient (Wildman–Crippen LogP) is 4.20. The standard InChI is InChI=1S/C20H17F2NO4/c1-3-13(20(26)27)16-10(2)23(14-7-8-15(24)18(22)17(14)16)19(25)11-5-4-6-12(21)9-11/h4-9,13,24H,3H2,1-2H3,(H,26,27). The lowest BCUT2D eigenvalue weighted by atomic mass is 9.93. The number of fused-ring (bicyclic) bond motifs is 1. The molecule has 0 aliphatic heterocycles. The second-order valence-corrected chi connectivity index (χ2v) is 6.24. The number of carbonyl (C=O) groups excluding carboxylic acids is 1. The van der Waals surface area contributed by atoms with Crippen LogP contribution in [0.2, 0.25) is 0 Å². The fraction of sp³-hybridized carbons (Fsp3) is 0.200. The van der Waals surface area contributed by atoms with Gasteiger partial charge in [0.2, 0.25) is 0 Å². The maximum Gasteiger partial charge on any atom is 0.311 e. The number of aromatic hydroxyl groups is 1. The van der Waals surface area contributed by atoms with Gasteiger partial charge in [-0.2, -0.15) is 0 Å². The topological polar surface area (TPSA) is 79.5 Å². The van der Waals surface area contributed by atoms with E-state index in [1.807, 2.05) is 0 Å². The van der Waals surface area contributed by atoms with Crippen molar-refractivity contribution in [3.05, 3.63) is 64.9 Å². The Balaban J connectivity index is 2.38. The van der Waals surface area contributed by atoms with Gasteiger partial charge >= 0.3 is 5.97 Å². The number of carboxylic acid groups (broad SMARTS) is 1. The number of hydrogen-bond donors (Lipinski definition) is 2. The van der Waals surface area contributed by atoms with Crippen molar-refractivity contribution in [3.63, 3.8) is 0 Å². The zero-order chi connectivity index (χ0) is 19.9. The number of carboxylic acids is 1. The highest BCUT2D eigenvalue weighted by Crippen LogP contribution is 2.38. The molecule has 2 N–H and O–H groups in total. The van der Waals surface area contributed by atoms with Gasteiger partial charge in [-0.3, -0.25) is 14.2 Å². The lowest BCUT2D eigenvalue weighted by Crippen LogP contribution is -2.16. The van der Waals surface area contributed by atoms with Crippen molar-refractivity contribution in [2.24, 2.45) is 0 Å². The van der Waals surface area contributed by atoms with Gasteiger partial charge in [-0.15, -0.1) is 0 Å². The van der Waals surface area contributed by atoms with Gasteiger partial charge in [-0.1, -0.05) is 13.0 Å². The summed E-state index contributed by atoms with van der Waals surface area (Å²) in [5.74, 6) is -5.08. The molecule has 0 radical (unpaired) electrons. The average Bonchev–Trinajstić information content (AvgIpc) is 2.91. The normalized spacial score (nSPS) is 12.3. The van der Waals surface area contributed by atoms with E-state index in [1.165, 1.54) is 31.2 Å². The highest BCUT2D eigenvalue weighted by atomic mass is 19.1.